The first-order chi connectivity index (χ1) is 9.29. The van der Waals surface area contributed by atoms with Gasteiger partial charge in [-0.3, -0.25) is 4.79 Å². The van der Waals surface area contributed by atoms with Gasteiger partial charge in [-0.15, -0.1) is 0 Å². The summed E-state index contributed by atoms with van der Waals surface area (Å²) in [6, 6.07) is 9.67. The van der Waals surface area contributed by atoms with E-state index < -0.39 is 22.2 Å². The summed E-state index contributed by atoms with van der Waals surface area (Å²) in [6.07, 6.45) is 1.99. The lowest BCUT2D eigenvalue weighted by molar-refractivity contribution is -0.180. The van der Waals surface area contributed by atoms with Crippen molar-refractivity contribution in [2.45, 2.75) is 30.0 Å². The normalized spacial score (nSPS) is 15.1. The number of rotatable bonds is 5. The number of carbonyl (C=O) groups is 1. The number of hydrogen-bond donors (Lipinski definition) is 0. The van der Waals surface area contributed by atoms with E-state index in [9.17, 15) is 4.79 Å². The van der Waals surface area contributed by atoms with Crippen LogP contribution >= 0.6 is 34.8 Å². The summed E-state index contributed by atoms with van der Waals surface area (Å²) in [6.45, 7) is 2.98. The zero-order valence-corrected chi connectivity index (χ0v) is 13.3. The Morgan fingerprint density at radius 3 is 2.35 bits per heavy atom. The van der Waals surface area contributed by atoms with Gasteiger partial charge in [0.25, 0.3) is 10.1 Å². The molecule has 1 rings (SSSR count). The van der Waals surface area contributed by atoms with Crippen LogP contribution in [0.25, 0.3) is 6.08 Å². The maximum atomic E-state index is 11.0. The van der Waals surface area contributed by atoms with Crippen LogP contribution in [-0.2, 0) is 14.3 Å². The number of benzene rings is 1. The van der Waals surface area contributed by atoms with Crippen LogP contribution in [0.1, 0.15) is 19.4 Å². The highest BCUT2D eigenvalue weighted by Gasteiger charge is 2.37. The molecule has 3 nitrogen and oxygen atoms in total. The maximum absolute atomic E-state index is 11.0. The predicted molar refractivity (Wildman–Crippen MR) is 81.9 cm³/mol. The highest BCUT2D eigenvalue weighted by atomic mass is 35.6. The van der Waals surface area contributed by atoms with E-state index in [1.807, 2.05) is 36.4 Å². The quantitative estimate of drug-likeness (QED) is 0.455. The molecule has 0 N–H and O–H groups in total. The lowest BCUT2D eigenvalue weighted by atomic mass is 10.2. The van der Waals surface area contributed by atoms with Crippen molar-refractivity contribution in [1.29, 1.82) is 0 Å². The largest absolute Gasteiger partial charge is 0.431 e. The summed E-state index contributed by atoms with van der Waals surface area (Å²) in [4.78, 5) is 11.0. The average Bonchev–Trinajstić information content (AvgIpc) is 2.35. The number of ether oxygens (including phenoxy) is 2. The molecule has 0 aromatic heterocycles. The van der Waals surface area contributed by atoms with Crippen LogP contribution < -0.4 is 0 Å². The lowest BCUT2D eigenvalue weighted by Crippen LogP contribution is -2.35. The summed E-state index contributed by atoms with van der Waals surface area (Å²) in [5.41, 5.74) is 1.01. The third-order valence-corrected chi connectivity index (χ3v) is 2.77. The number of esters is 1. The van der Waals surface area contributed by atoms with Crippen molar-refractivity contribution in [2.24, 2.45) is 0 Å². The van der Waals surface area contributed by atoms with E-state index in [0.717, 1.165) is 5.56 Å². The van der Waals surface area contributed by atoms with Crippen molar-refractivity contribution in [2.75, 3.05) is 0 Å². The van der Waals surface area contributed by atoms with E-state index in [0.29, 0.717) is 0 Å². The Labute approximate surface area is 133 Å². The van der Waals surface area contributed by atoms with Crippen LogP contribution in [0.2, 0.25) is 0 Å². The second-order valence-corrected chi connectivity index (χ2v) is 6.46. The molecule has 0 bridgehead atoms. The Morgan fingerprint density at radius 1 is 1.25 bits per heavy atom. The van der Waals surface area contributed by atoms with Crippen molar-refractivity contribution in [1.82, 2.24) is 0 Å². The van der Waals surface area contributed by atoms with Gasteiger partial charge in [-0.05, 0) is 12.5 Å². The molecule has 0 radical (unpaired) electrons. The van der Waals surface area contributed by atoms with Crippen molar-refractivity contribution in [3.63, 3.8) is 0 Å². The Balaban J connectivity index is 2.64. The third kappa shape index (κ3) is 6.62. The summed E-state index contributed by atoms with van der Waals surface area (Å²) in [5.74, 6) is -0.583. The third-order valence-electron chi connectivity index (χ3n) is 2.24. The van der Waals surface area contributed by atoms with E-state index in [-0.39, 0.29) is 0 Å². The van der Waals surface area contributed by atoms with Gasteiger partial charge in [-0.1, -0.05) is 77.3 Å². The van der Waals surface area contributed by atoms with Crippen molar-refractivity contribution in [3.8, 4) is 0 Å². The molecule has 0 fully saturated rings. The molecule has 2 unspecified atom stereocenters. The zero-order valence-electron chi connectivity index (χ0n) is 11.1. The van der Waals surface area contributed by atoms with Crippen molar-refractivity contribution in [3.05, 3.63) is 42.0 Å². The van der Waals surface area contributed by atoms with Crippen LogP contribution in [0.15, 0.2) is 36.4 Å². The topological polar surface area (TPSA) is 35.5 Å². The van der Waals surface area contributed by atoms with Gasteiger partial charge in [0, 0.05) is 6.92 Å². The van der Waals surface area contributed by atoms with Gasteiger partial charge < -0.3 is 9.47 Å². The lowest BCUT2D eigenvalue weighted by Gasteiger charge is -2.25. The van der Waals surface area contributed by atoms with Gasteiger partial charge >= 0.3 is 5.97 Å². The SMILES string of the molecule is CC(=O)OC(OC(C)/C=C/c1ccccc1)C(Cl)(Cl)Cl. The highest BCUT2D eigenvalue weighted by Crippen LogP contribution is 2.33. The minimum Gasteiger partial charge on any atom is -0.431 e. The van der Waals surface area contributed by atoms with Gasteiger partial charge in [0.2, 0.25) is 0 Å². The molecule has 0 aliphatic carbocycles. The summed E-state index contributed by atoms with van der Waals surface area (Å²) >= 11 is 17.1. The van der Waals surface area contributed by atoms with Crippen molar-refractivity contribution >= 4 is 46.8 Å². The highest BCUT2D eigenvalue weighted by molar-refractivity contribution is 6.68. The van der Waals surface area contributed by atoms with Crippen LogP contribution in [0.3, 0.4) is 0 Å². The fourth-order valence-electron chi connectivity index (χ4n) is 1.37. The first-order valence-corrected chi connectivity index (χ1v) is 7.05. The fraction of sp³-hybridized carbons (Fsp3) is 0.357. The molecule has 6 heteroatoms. The summed E-state index contributed by atoms with van der Waals surface area (Å²) < 4.78 is 8.42. The first kappa shape index (κ1) is 17.3. The van der Waals surface area contributed by atoms with E-state index in [1.165, 1.54) is 6.92 Å². The molecule has 2 atom stereocenters. The van der Waals surface area contributed by atoms with Gasteiger partial charge in [-0.25, -0.2) is 0 Å². The molecule has 20 heavy (non-hydrogen) atoms. The van der Waals surface area contributed by atoms with E-state index in [4.69, 9.17) is 44.3 Å². The zero-order chi connectivity index (χ0) is 15.2. The first-order valence-electron chi connectivity index (χ1n) is 5.91. The minimum absolute atomic E-state index is 0.393. The number of alkyl halides is 3. The molecule has 1 aromatic rings. The van der Waals surface area contributed by atoms with E-state index >= 15 is 0 Å². The van der Waals surface area contributed by atoms with Gasteiger partial charge in [0.05, 0.1) is 6.10 Å². The fourth-order valence-corrected chi connectivity index (χ4v) is 1.66. The molecule has 0 spiro atoms. The molecule has 0 heterocycles. The van der Waals surface area contributed by atoms with E-state index in [1.54, 1.807) is 13.0 Å². The second kappa shape index (κ2) is 7.89. The average molecular weight is 338 g/mol. The Hall–Kier alpha value is -0.740. The van der Waals surface area contributed by atoms with Crippen LogP contribution in [0, 0.1) is 0 Å². The maximum Gasteiger partial charge on any atom is 0.305 e. The molecule has 110 valence electrons. The standard InChI is InChI=1S/C14H15Cl3O3/c1-10(8-9-12-6-4-3-5-7-12)19-13(14(15,16)17)20-11(2)18/h3-10,13H,1-2H3/b9-8+. The predicted octanol–water partition coefficient (Wildman–Crippen LogP) is 4.36. The molecule has 0 aliphatic rings. The summed E-state index contributed by atoms with van der Waals surface area (Å²) in [7, 11) is 0. The van der Waals surface area contributed by atoms with Gasteiger partial charge in [0.1, 0.15) is 0 Å². The Kier molecular flexibility index (Phi) is 6.83. The van der Waals surface area contributed by atoms with Crippen LogP contribution in [-0.4, -0.2) is 22.2 Å². The molecule has 0 aliphatic heterocycles. The van der Waals surface area contributed by atoms with Crippen molar-refractivity contribution < 1.29 is 14.3 Å². The van der Waals surface area contributed by atoms with E-state index in [2.05, 4.69) is 0 Å². The molecular weight excluding hydrogens is 323 g/mol. The number of hydrogen-bond acceptors (Lipinski definition) is 3. The molecule has 0 amide bonds. The van der Waals surface area contributed by atoms with Gasteiger partial charge in [-0.2, -0.15) is 0 Å². The number of carbonyl (C=O) groups excluding carboxylic acids is 1. The molecule has 0 saturated carbocycles. The molecule has 0 saturated heterocycles. The Morgan fingerprint density at radius 2 is 1.85 bits per heavy atom. The van der Waals surface area contributed by atoms with Crippen LogP contribution in [0.4, 0.5) is 0 Å². The Bertz CT molecular complexity index is 454. The monoisotopic (exact) mass is 336 g/mol. The molecule has 1 aromatic carbocycles. The minimum atomic E-state index is -1.85. The van der Waals surface area contributed by atoms with Gasteiger partial charge in [0.15, 0.2) is 0 Å². The molecular formula is C14H15Cl3O3. The smallest absolute Gasteiger partial charge is 0.305 e. The summed E-state index contributed by atoms with van der Waals surface area (Å²) in [5, 5.41) is 0. The van der Waals surface area contributed by atoms with Crippen LogP contribution in [0.5, 0.6) is 0 Å². The second-order valence-electron chi connectivity index (χ2n) is 4.09. The number of halogens is 3.